The fourth-order valence-electron chi connectivity index (χ4n) is 4.37. The zero-order valence-electron chi connectivity index (χ0n) is 18.1. The van der Waals surface area contributed by atoms with Gasteiger partial charge in [-0.05, 0) is 48.1 Å². The molecule has 4 nitrogen and oxygen atoms in total. The second-order valence-corrected chi connectivity index (χ2v) is 7.75. The first-order chi connectivity index (χ1) is 14.1. The van der Waals surface area contributed by atoms with Crippen molar-refractivity contribution in [2.75, 3.05) is 20.8 Å². The number of benzene rings is 2. The Balaban J connectivity index is 2.06. The summed E-state index contributed by atoms with van der Waals surface area (Å²) in [6, 6.07) is 14.4. The Bertz CT molecular complexity index is 818. The maximum Gasteiger partial charge on any atom is 0.226 e. The number of hydrogen-bond acceptors (Lipinski definition) is 3. The van der Waals surface area contributed by atoms with Gasteiger partial charge in [0.05, 0.1) is 20.3 Å². The Kier molecular flexibility index (Phi) is 7.18. The van der Waals surface area contributed by atoms with Gasteiger partial charge < -0.3 is 14.4 Å². The normalized spacial score (nSPS) is 16.8. The van der Waals surface area contributed by atoms with Crippen molar-refractivity contribution in [3.63, 3.8) is 0 Å². The number of hydrogen-bond donors (Lipinski definition) is 0. The molecule has 0 aliphatic carbocycles. The molecule has 0 saturated carbocycles. The number of carbonyl (C=O) groups excluding carboxylic acids is 1. The van der Waals surface area contributed by atoms with E-state index in [9.17, 15) is 4.79 Å². The lowest BCUT2D eigenvalue weighted by Crippen LogP contribution is -2.43. The molecule has 3 rings (SSSR count). The molecule has 1 aliphatic heterocycles. The minimum Gasteiger partial charge on any atom is -0.493 e. The van der Waals surface area contributed by atoms with Gasteiger partial charge in [0.25, 0.3) is 0 Å². The highest BCUT2D eigenvalue weighted by molar-refractivity contribution is 5.80. The topological polar surface area (TPSA) is 38.8 Å². The second-order valence-electron chi connectivity index (χ2n) is 7.75. The number of nitrogens with zero attached hydrogens (tertiary/aromatic N) is 1. The van der Waals surface area contributed by atoms with Crippen LogP contribution in [0.3, 0.4) is 0 Å². The van der Waals surface area contributed by atoms with E-state index in [2.05, 4.69) is 43.0 Å². The molecule has 1 aliphatic rings. The monoisotopic (exact) mass is 395 g/mol. The quantitative estimate of drug-likeness (QED) is 0.601. The van der Waals surface area contributed by atoms with E-state index in [1.54, 1.807) is 14.2 Å². The zero-order chi connectivity index (χ0) is 20.8. The summed E-state index contributed by atoms with van der Waals surface area (Å²) in [5.74, 6) is 1.81. The summed E-state index contributed by atoms with van der Waals surface area (Å²) in [4.78, 5) is 15.7. The molecule has 0 radical (unpaired) electrons. The molecule has 29 heavy (non-hydrogen) atoms. The molecule has 2 aromatic rings. The summed E-state index contributed by atoms with van der Waals surface area (Å²) in [6.07, 6.45) is 4.88. The standard InChI is InChI=1S/C25H33NO3/c1-5-7-11-18(6-2)25(27)26-15-14-20-16-22(28-3)23(29-4)17-21(20)24(26)19-12-9-8-10-13-19/h8-10,12-13,16-18,24H,5-7,11,14-15H2,1-4H3. The van der Waals surface area contributed by atoms with E-state index in [0.717, 1.165) is 55.5 Å². The molecule has 0 N–H and O–H groups in total. The molecule has 0 spiro atoms. The van der Waals surface area contributed by atoms with Gasteiger partial charge in [-0.25, -0.2) is 0 Å². The number of rotatable bonds is 8. The van der Waals surface area contributed by atoms with Crippen LogP contribution in [0.4, 0.5) is 0 Å². The number of methoxy groups -OCH3 is 2. The highest BCUT2D eigenvalue weighted by atomic mass is 16.5. The van der Waals surface area contributed by atoms with Gasteiger partial charge in [-0.2, -0.15) is 0 Å². The SMILES string of the molecule is CCCCC(CC)C(=O)N1CCc2cc(OC)c(OC)cc2C1c1ccccc1. The molecule has 0 aromatic heterocycles. The number of unbranched alkanes of at least 4 members (excludes halogenated alkanes) is 1. The Morgan fingerprint density at radius 3 is 2.41 bits per heavy atom. The van der Waals surface area contributed by atoms with Crippen LogP contribution >= 0.6 is 0 Å². The predicted molar refractivity (Wildman–Crippen MR) is 117 cm³/mol. The van der Waals surface area contributed by atoms with Crippen LogP contribution in [0.25, 0.3) is 0 Å². The molecular formula is C25H33NO3. The van der Waals surface area contributed by atoms with Crippen molar-refractivity contribution in [1.82, 2.24) is 4.90 Å². The molecule has 2 aromatic carbocycles. The maximum atomic E-state index is 13.6. The first-order valence-corrected chi connectivity index (χ1v) is 10.7. The van der Waals surface area contributed by atoms with E-state index in [1.165, 1.54) is 5.56 Å². The second kappa shape index (κ2) is 9.82. The van der Waals surface area contributed by atoms with Crippen LogP contribution < -0.4 is 9.47 Å². The zero-order valence-corrected chi connectivity index (χ0v) is 18.1. The average molecular weight is 396 g/mol. The third kappa shape index (κ3) is 4.42. The number of fused-ring (bicyclic) bond motifs is 1. The van der Waals surface area contributed by atoms with E-state index in [1.807, 2.05) is 18.2 Å². The van der Waals surface area contributed by atoms with Crippen LogP contribution in [0.15, 0.2) is 42.5 Å². The lowest BCUT2D eigenvalue weighted by Gasteiger charge is -2.40. The average Bonchev–Trinajstić information content (AvgIpc) is 2.78. The van der Waals surface area contributed by atoms with Crippen LogP contribution in [-0.2, 0) is 11.2 Å². The van der Waals surface area contributed by atoms with Crippen molar-refractivity contribution in [1.29, 1.82) is 0 Å². The smallest absolute Gasteiger partial charge is 0.226 e. The first-order valence-electron chi connectivity index (χ1n) is 10.7. The van der Waals surface area contributed by atoms with Gasteiger partial charge in [0.2, 0.25) is 5.91 Å². The lowest BCUT2D eigenvalue weighted by atomic mass is 9.86. The molecule has 0 saturated heterocycles. The van der Waals surface area contributed by atoms with Gasteiger partial charge in [-0.15, -0.1) is 0 Å². The van der Waals surface area contributed by atoms with Gasteiger partial charge in [0.1, 0.15) is 0 Å². The highest BCUT2D eigenvalue weighted by Gasteiger charge is 2.35. The van der Waals surface area contributed by atoms with Gasteiger partial charge in [-0.1, -0.05) is 57.0 Å². The Morgan fingerprint density at radius 2 is 1.79 bits per heavy atom. The van der Waals surface area contributed by atoms with Gasteiger partial charge in [0, 0.05) is 12.5 Å². The van der Waals surface area contributed by atoms with Gasteiger partial charge in [0.15, 0.2) is 11.5 Å². The molecule has 156 valence electrons. The first kappa shape index (κ1) is 21.2. The summed E-state index contributed by atoms with van der Waals surface area (Å²) in [7, 11) is 3.32. The van der Waals surface area contributed by atoms with Crippen molar-refractivity contribution < 1.29 is 14.3 Å². The summed E-state index contributed by atoms with van der Waals surface area (Å²) < 4.78 is 11.1. The summed E-state index contributed by atoms with van der Waals surface area (Å²) >= 11 is 0. The van der Waals surface area contributed by atoms with Crippen LogP contribution in [0.5, 0.6) is 11.5 Å². The molecule has 2 atom stereocenters. The molecule has 1 heterocycles. The van der Waals surface area contributed by atoms with E-state index < -0.39 is 0 Å². The molecule has 0 bridgehead atoms. The molecule has 0 fully saturated rings. The van der Waals surface area contributed by atoms with Gasteiger partial charge >= 0.3 is 0 Å². The third-order valence-corrected chi connectivity index (χ3v) is 6.02. The molecule has 1 amide bonds. The summed E-state index contributed by atoms with van der Waals surface area (Å²) in [6.45, 7) is 5.03. The van der Waals surface area contributed by atoms with Crippen LogP contribution in [0.1, 0.15) is 62.3 Å². The van der Waals surface area contributed by atoms with Crippen LogP contribution in [0.2, 0.25) is 0 Å². The summed E-state index contributed by atoms with van der Waals surface area (Å²) in [5, 5.41) is 0. The number of ether oxygens (including phenoxy) is 2. The van der Waals surface area contributed by atoms with Crippen molar-refractivity contribution in [2.24, 2.45) is 5.92 Å². The van der Waals surface area contributed by atoms with Crippen LogP contribution in [0, 0.1) is 5.92 Å². The van der Waals surface area contributed by atoms with Crippen molar-refractivity contribution in [3.8, 4) is 11.5 Å². The van der Waals surface area contributed by atoms with Crippen molar-refractivity contribution in [3.05, 3.63) is 59.2 Å². The minimum atomic E-state index is -0.0945. The minimum absolute atomic E-state index is 0.0860. The van der Waals surface area contributed by atoms with Gasteiger partial charge in [-0.3, -0.25) is 4.79 Å². The van der Waals surface area contributed by atoms with E-state index in [0.29, 0.717) is 5.75 Å². The molecular weight excluding hydrogens is 362 g/mol. The van der Waals surface area contributed by atoms with E-state index in [-0.39, 0.29) is 17.9 Å². The predicted octanol–water partition coefficient (Wildman–Crippen LogP) is 5.39. The maximum absolute atomic E-state index is 13.6. The Labute approximate surface area is 174 Å². The fourth-order valence-corrected chi connectivity index (χ4v) is 4.37. The summed E-state index contributed by atoms with van der Waals surface area (Å²) in [5.41, 5.74) is 3.50. The Hall–Kier alpha value is -2.49. The third-order valence-electron chi connectivity index (χ3n) is 6.02. The number of amides is 1. The van der Waals surface area contributed by atoms with E-state index >= 15 is 0 Å². The fraction of sp³-hybridized carbons (Fsp3) is 0.480. The number of carbonyl (C=O) groups is 1. The van der Waals surface area contributed by atoms with Crippen molar-refractivity contribution in [2.45, 2.75) is 52.0 Å². The molecule has 2 unspecified atom stereocenters. The largest absolute Gasteiger partial charge is 0.493 e. The van der Waals surface area contributed by atoms with E-state index in [4.69, 9.17) is 9.47 Å². The Morgan fingerprint density at radius 1 is 1.10 bits per heavy atom. The highest BCUT2D eigenvalue weighted by Crippen LogP contribution is 2.41. The lowest BCUT2D eigenvalue weighted by molar-refractivity contribution is -0.138. The van der Waals surface area contributed by atoms with Crippen LogP contribution in [-0.4, -0.2) is 31.6 Å². The van der Waals surface area contributed by atoms with Crippen molar-refractivity contribution >= 4 is 5.91 Å². The molecule has 4 heteroatoms.